The molecule has 1 N–H and O–H groups in total. The Bertz CT molecular complexity index is 880. The molecule has 2 aromatic rings. The normalized spacial score (nSPS) is 24.5. The quantitative estimate of drug-likeness (QED) is 0.858. The molecular weight excluding hydrogens is 372 g/mol. The summed E-state index contributed by atoms with van der Waals surface area (Å²) in [4.78, 5) is 41.2. The molecule has 2 amide bonds. The summed E-state index contributed by atoms with van der Waals surface area (Å²) in [5.74, 6) is -2.05. The lowest BCUT2D eigenvalue weighted by Gasteiger charge is -2.36. The van der Waals surface area contributed by atoms with Crippen LogP contribution in [0.4, 0.5) is 0 Å². The molecule has 3 atom stereocenters. The number of nitrogens with zero attached hydrogens (tertiary/aromatic N) is 2. The molecule has 2 saturated heterocycles. The van der Waals surface area contributed by atoms with Crippen LogP contribution in [0.1, 0.15) is 41.3 Å². The average Bonchev–Trinajstić information content (AvgIpc) is 3.44. The van der Waals surface area contributed by atoms with Crippen molar-refractivity contribution in [2.24, 2.45) is 5.92 Å². The number of carboxylic acids is 1. The molecular formula is C22H24N2O5. The summed E-state index contributed by atoms with van der Waals surface area (Å²) in [7, 11) is 0. The fourth-order valence-corrected chi connectivity index (χ4v) is 4.46. The minimum Gasteiger partial charge on any atom is -0.481 e. The predicted molar refractivity (Wildman–Crippen MR) is 104 cm³/mol. The van der Waals surface area contributed by atoms with Gasteiger partial charge >= 0.3 is 5.97 Å². The van der Waals surface area contributed by atoms with Gasteiger partial charge in [-0.05, 0) is 37.0 Å². The zero-order valence-corrected chi connectivity index (χ0v) is 16.1. The van der Waals surface area contributed by atoms with E-state index in [9.17, 15) is 19.5 Å². The van der Waals surface area contributed by atoms with Crippen LogP contribution in [0, 0.1) is 5.92 Å². The lowest BCUT2D eigenvalue weighted by Crippen LogP contribution is -2.52. The van der Waals surface area contributed by atoms with Crippen molar-refractivity contribution in [3.8, 4) is 0 Å². The second kappa shape index (κ2) is 8.11. The molecule has 3 unspecified atom stereocenters. The Hall–Kier alpha value is -3.09. The second-order valence-electron chi connectivity index (χ2n) is 7.69. The maximum atomic E-state index is 13.3. The SMILES string of the molecule is O=C(O)C1CN(C(=O)C2CCCCN2C(=O)c2ccco2)CC1c1ccccc1. The first-order valence-corrected chi connectivity index (χ1v) is 9.97. The van der Waals surface area contributed by atoms with Gasteiger partial charge in [-0.1, -0.05) is 30.3 Å². The Morgan fingerprint density at radius 1 is 1.00 bits per heavy atom. The fourth-order valence-electron chi connectivity index (χ4n) is 4.46. The molecule has 1 aromatic heterocycles. The van der Waals surface area contributed by atoms with Gasteiger partial charge in [-0.15, -0.1) is 0 Å². The summed E-state index contributed by atoms with van der Waals surface area (Å²) in [6, 6.07) is 12.1. The molecule has 3 heterocycles. The van der Waals surface area contributed by atoms with E-state index in [2.05, 4.69) is 0 Å². The summed E-state index contributed by atoms with van der Waals surface area (Å²) in [6.07, 6.45) is 3.71. The molecule has 7 nitrogen and oxygen atoms in total. The van der Waals surface area contributed by atoms with Gasteiger partial charge in [-0.3, -0.25) is 14.4 Å². The number of piperidine rings is 1. The van der Waals surface area contributed by atoms with Crippen LogP contribution in [0.25, 0.3) is 0 Å². The number of benzene rings is 1. The molecule has 0 radical (unpaired) electrons. The highest BCUT2D eigenvalue weighted by Crippen LogP contribution is 2.34. The van der Waals surface area contributed by atoms with E-state index in [1.807, 2.05) is 30.3 Å². The molecule has 0 saturated carbocycles. The Morgan fingerprint density at radius 3 is 2.48 bits per heavy atom. The topological polar surface area (TPSA) is 91.1 Å². The van der Waals surface area contributed by atoms with Gasteiger partial charge in [0.1, 0.15) is 6.04 Å². The van der Waals surface area contributed by atoms with Crippen LogP contribution in [-0.2, 0) is 9.59 Å². The summed E-state index contributed by atoms with van der Waals surface area (Å²) in [6.45, 7) is 1.00. The Morgan fingerprint density at radius 2 is 1.79 bits per heavy atom. The van der Waals surface area contributed by atoms with Crippen molar-refractivity contribution in [2.75, 3.05) is 19.6 Å². The van der Waals surface area contributed by atoms with Gasteiger partial charge in [0, 0.05) is 25.6 Å². The predicted octanol–water partition coefficient (Wildman–Crippen LogP) is 2.60. The van der Waals surface area contributed by atoms with Crippen molar-refractivity contribution < 1.29 is 23.9 Å². The molecule has 0 spiro atoms. The minimum absolute atomic E-state index is 0.160. The van der Waals surface area contributed by atoms with Crippen molar-refractivity contribution in [1.82, 2.24) is 9.80 Å². The standard InChI is InChI=1S/C22H24N2O5/c25-20(18-9-4-5-11-24(18)21(26)19-10-6-12-29-19)23-13-16(17(14-23)22(27)28)15-7-2-1-3-8-15/h1-3,6-8,10,12,16-18H,4-5,9,11,13-14H2,(H,27,28). The molecule has 7 heteroatoms. The van der Waals surface area contributed by atoms with E-state index in [1.165, 1.54) is 6.26 Å². The fraction of sp³-hybridized carbons (Fsp3) is 0.409. The highest BCUT2D eigenvalue weighted by atomic mass is 16.4. The minimum atomic E-state index is -0.902. The molecule has 0 bridgehead atoms. The highest BCUT2D eigenvalue weighted by molar-refractivity contribution is 5.96. The molecule has 2 aliphatic heterocycles. The lowest BCUT2D eigenvalue weighted by atomic mass is 9.89. The molecule has 0 aliphatic carbocycles. The summed E-state index contributed by atoms with van der Waals surface area (Å²) in [5, 5.41) is 9.71. The number of amides is 2. The van der Waals surface area contributed by atoms with E-state index in [0.29, 0.717) is 19.5 Å². The maximum absolute atomic E-state index is 13.3. The first-order valence-electron chi connectivity index (χ1n) is 9.97. The van der Waals surface area contributed by atoms with Crippen molar-refractivity contribution in [3.63, 3.8) is 0 Å². The van der Waals surface area contributed by atoms with Crippen LogP contribution < -0.4 is 0 Å². The molecule has 1 aromatic carbocycles. The number of likely N-dealkylation sites (tertiary alicyclic amines) is 2. The lowest BCUT2D eigenvalue weighted by molar-refractivity contribution is -0.142. The average molecular weight is 396 g/mol. The Kier molecular flexibility index (Phi) is 5.38. The van der Waals surface area contributed by atoms with Crippen LogP contribution in [0.2, 0.25) is 0 Å². The van der Waals surface area contributed by atoms with Crippen LogP contribution in [-0.4, -0.2) is 58.4 Å². The summed E-state index contributed by atoms with van der Waals surface area (Å²) >= 11 is 0. The first-order chi connectivity index (χ1) is 14.1. The third kappa shape index (κ3) is 3.77. The van der Waals surface area contributed by atoms with Crippen molar-refractivity contribution in [2.45, 2.75) is 31.2 Å². The molecule has 152 valence electrons. The summed E-state index contributed by atoms with van der Waals surface area (Å²) in [5.41, 5.74) is 0.919. The van der Waals surface area contributed by atoms with Crippen molar-refractivity contribution in [1.29, 1.82) is 0 Å². The number of carbonyl (C=O) groups excluding carboxylic acids is 2. The first kappa shape index (κ1) is 19.2. The van der Waals surface area contributed by atoms with Crippen LogP contribution in [0.3, 0.4) is 0 Å². The van der Waals surface area contributed by atoms with Crippen molar-refractivity contribution >= 4 is 17.8 Å². The highest BCUT2D eigenvalue weighted by Gasteiger charge is 2.44. The molecule has 2 fully saturated rings. The smallest absolute Gasteiger partial charge is 0.308 e. The maximum Gasteiger partial charge on any atom is 0.308 e. The van der Waals surface area contributed by atoms with E-state index in [1.54, 1.807) is 21.9 Å². The van der Waals surface area contributed by atoms with E-state index in [-0.39, 0.29) is 30.0 Å². The van der Waals surface area contributed by atoms with Gasteiger partial charge in [0.15, 0.2) is 5.76 Å². The number of hydrogen-bond donors (Lipinski definition) is 1. The number of carbonyl (C=O) groups is 3. The van der Waals surface area contributed by atoms with E-state index < -0.39 is 17.9 Å². The zero-order valence-electron chi connectivity index (χ0n) is 16.1. The molecule has 29 heavy (non-hydrogen) atoms. The van der Waals surface area contributed by atoms with E-state index in [4.69, 9.17) is 4.42 Å². The second-order valence-corrected chi connectivity index (χ2v) is 7.69. The number of furan rings is 1. The monoisotopic (exact) mass is 396 g/mol. The number of aliphatic carboxylic acids is 1. The third-order valence-electron chi connectivity index (χ3n) is 5.96. The Labute approximate surface area is 168 Å². The van der Waals surface area contributed by atoms with Gasteiger partial charge in [0.05, 0.1) is 12.2 Å². The molecule has 2 aliphatic rings. The van der Waals surface area contributed by atoms with Crippen LogP contribution in [0.5, 0.6) is 0 Å². The number of hydrogen-bond acceptors (Lipinski definition) is 4. The van der Waals surface area contributed by atoms with Gasteiger partial charge in [-0.25, -0.2) is 0 Å². The largest absolute Gasteiger partial charge is 0.481 e. The van der Waals surface area contributed by atoms with Gasteiger partial charge in [0.2, 0.25) is 5.91 Å². The number of carboxylic acid groups (broad SMARTS) is 1. The Balaban J connectivity index is 1.54. The summed E-state index contributed by atoms with van der Waals surface area (Å²) < 4.78 is 5.23. The van der Waals surface area contributed by atoms with E-state index >= 15 is 0 Å². The zero-order chi connectivity index (χ0) is 20.4. The van der Waals surface area contributed by atoms with Gasteiger partial charge < -0.3 is 19.3 Å². The molecule has 4 rings (SSSR count). The van der Waals surface area contributed by atoms with E-state index in [0.717, 1.165) is 18.4 Å². The van der Waals surface area contributed by atoms with Crippen molar-refractivity contribution in [3.05, 3.63) is 60.1 Å². The van der Waals surface area contributed by atoms with Gasteiger partial charge in [-0.2, -0.15) is 0 Å². The third-order valence-corrected chi connectivity index (χ3v) is 5.96. The number of rotatable bonds is 4. The van der Waals surface area contributed by atoms with Crippen LogP contribution >= 0.6 is 0 Å². The van der Waals surface area contributed by atoms with Gasteiger partial charge in [0.25, 0.3) is 5.91 Å². The van der Waals surface area contributed by atoms with Crippen LogP contribution in [0.15, 0.2) is 53.1 Å².